The molecule has 110 valence electrons. The Bertz CT molecular complexity index is 715. The Morgan fingerprint density at radius 2 is 2.33 bits per heavy atom. The molecule has 21 heavy (non-hydrogen) atoms. The Balaban J connectivity index is 1.78. The van der Waals surface area contributed by atoms with Gasteiger partial charge < -0.3 is 10.1 Å². The van der Waals surface area contributed by atoms with E-state index in [2.05, 4.69) is 21.2 Å². The van der Waals surface area contributed by atoms with Gasteiger partial charge in [0.2, 0.25) is 5.91 Å². The molecule has 1 aliphatic heterocycles. The van der Waals surface area contributed by atoms with E-state index >= 15 is 0 Å². The summed E-state index contributed by atoms with van der Waals surface area (Å²) in [5, 5.41) is 3.75. The molecule has 1 aromatic heterocycles. The number of hydrogen-bond acceptors (Lipinski definition) is 4. The highest BCUT2D eigenvalue weighted by Crippen LogP contribution is 2.33. The third-order valence-corrected chi connectivity index (χ3v) is 4.85. The highest BCUT2D eigenvalue weighted by Gasteiger charge is 2.32. The predicted octanol–water partition coefficient (Wildman–Crippen LogP) is 3.13. The van der Waals surface area contributed by atoms with Crippen LogP contribution in [0.25, 0.3) is 10.1 Å². The third kappa shape index (κ3) is 3.03. The quantitative estimate of drug-likeness (QED) is 0.905. The second-order valence-corrected chi connectivity index (χ2v) is 7.29. The highest BCUT2D eigenvalue weighted by molar-refractivity contribution is 9.11. The normalized spacial score (nSPS) is 18.1. The zero-order chi connectivity index (χ0) is 15.0. The summed E-state index contributed by atoms with van der Waals surface area (Å²) in [5.41, 5.74) is 0.808. The summed E-state index contributed by atoms with van der Waals surface area (Å²) in [4.78, 5) is 24.5. The lowest BCUT2D eigenvalue weighted by Crippen LogP contribution is -2.33. The molecular weight excluding hydrogens is 356 g/mol. The van der Waals surface area contributed by atoms with Crippen molar-refractivity contribution >= 4 is 55.0 Å². The number of anilines is 1. The molecule has 7 heteroatoms. The lowest BCUT2D eigenvalue weighted by Gasteiger charge is -2.13. The molecule has 1 fully saturated rings. The number of fused-ring (bicyclic) bond motifs is 1. The second kappa shape index (κ2) is 5.65. The lowest BCUT2D eigenvalue weighted by molar-refractivity contribution is -0.119. The van der Waals surface area contributed by atoms with Crippen LogP contribution in [0.3, 0.4) is 0 Å². The average Bonchev–Trinajstić information content (AvgIpc) is 2.97. The zero-order valence-electron chi connectivity index (χ0n) is 11.3. The fourth-order valence-electron chi connectivity index (χ4n) is 2.26. The lowest BCUT2D eigenvalue weighted by atomic mass is 10.2. The molecule has 0 saturated carbocycles. The number of rotatable bonds is 3. The number of halogens is 1. The van der Waals surface area contributed by atoms with Gasteiger partial charge in [-0.3, -0.25) is 9.69 Å². The van der Waals surface area contributed by atoms with Crippen LogP contribution in [-0.2, 0) is 9.53 Å². The van der Waals surface area contributed by atoms with Crippen molar-refractivity contribution in [2.24, 2.45) is 0 Å². The molecule has 3 rings (SSSR count). The standard InChI is InChI=1S/C14H13BrN2O3S/c1-8(18)16-6-11-7-17(14(19)20-11)10-2-3-12-9(4-10)5-13(15)21-12/h2-5,11H,6-7H2,1H3,(H,16,18)/t11-/m0/s1. The van der Waals surface area contributed by atoms with Gasteiger partial charge in [0.25, 0.3) is 0 Å². The maximum absolute atomic E-state index is 12.0. The topological polar surface area (TPSA) is 58.6 Å². The number of nitrogens with zero attached hydrogens (tertiary/aromatic N) is 1. The summed E-state index contributed by atoms with van der Waals surface area (Å²) < 4.78 is 7.48. The van der Waals surface area contributed by atoms with Crippen molar-refractivity contribution < 1.29 is 14.3 Å². The molecule has 1 aromatic carbocycles. The van der Waals surface area contributed by atoms with Gasteiger partial charge in [0.1, 0.15) is 6.10 Å². The van der Waals surface area contributed by atoms with Crippen molar-refractivity contribution in [3.63, 3.8) is 0 Å². The van der Waals surface area contributed by atoms with E-state index in [4.69, 9.17) is 4.74 Å². The van der Waals surface area contributed by atoms with E-state index in [1.54, 1.807) is 16.2 Å². The van der Waals surface area contributed by atoms with Crippen molar-refractivity contribution in [2.75, 3.05) is 18.0 Å². The molecule has 1 N–H and O–H groups in total. The second-order valence-electron chi connectivity index (χ2n) is 4.83. The maximum Gasteiger partial charge on any atom is 0.414 e. The predicted molar refractivity (Wildman–Crippen MR) is 85.8 cm³/mol. The summed E-state index contributed by atoms with van der Waals surface area (Å²) in [6.45, 7) is 2.22. The number of amides is 2. The van der Waals surface area contributed by atoms with E-state index in [1.165, 1.54) is 6.92 Å². The minimum atomic E-state index is -0.376. The smallest absolute Gasteiger partial charge is 0.414 e. The van der Waals surface area contributed by atoms with Gasteiger partial charge in [0, 0.05) is 17.3 Å². The molecule has 1 atom stereocenters. The largest absolute Gasteiger partial charge is 0.442 e. The maximum atomic E-state index is 12.0. The SMILES string of the molecule is CC(=O)NC[C@H]1CN(c2ccc3sc(Br)cc3c2)C(=O)O1. The average molecular weight is 369 g/mol. The van der Waals surface area contributed by atoms with Gasteiger partial charge in [-0.1, -0.05) is 0 Å². The number of carbonyl (C=O) groups excluding carboxylic acids is 2. The van der Waals surface area contributed by atoms with Gasteiger partial charge in [0.15, 0.2) is 0 Å². The van der Waals surface area contributed by atoms with Gasteiger partial charge in [0.05, 0.1) is 16.9 Å². The molecule has 1 saturated heterocycles. The highest BCUT2D eigenvalue weighted by atomic mass is 79.9. The summed E-state index contributed by atoms with van der Waals surface area (Å²) in [6, 6.07) is 7.90. The van der Waals surface area contributed by atoms with E-state index in [9.17, 15) is 9.59 Å². The molecule has 0 unspecified atom stereocenters. The van der Waals surface area contributed by atoms with Crippen LogP contribution < -0.4 is 10.2 Å². The Kier molecular flexibility index (Phi) is 3.86. The Morgan fingerprint density at radius 3 is 3.10 bits per heavy atom. The minimum Gasteiger partial charge on any atom is -0.442 e. The van der Waals surface area contributed by atoms with Crippen LogP contribution in [0.4, 0.5) is 10.5 Å². The number of hydrogen-bond donors (Lipinski definition) is 1. The molecule has 0 aliphatic carbocycles. The van der Waals surface area contributed by atoms with Gasteiger partial charge in [-0.15, -0.1) is 11.3 Å². The first-order chi connectivity index (χ1) is 10.0. The minimum absolute atomic E-state index is 0.131. The Labute approximate surface area is 134 Å². The molecule has 2 heterocycles. The van der Waals surface area contributed by atoms with Gasteiger partial charge in [-0.05, 0) is 45.6 Å². The van der Waals surface area contributed by atoms with Crippen LogP contribution in [-0.4, -0.2) is 31.2 Å². The number of benzene rings is 1. The fourth-order valence-corrected chi connectivity index (χ4v) is 3.80. The van der Waals surface area contributed by atoms with E-state index < -0.39 is 0 Å². The van der Waals surface area contributed by atoms with Crippen LogP contribution in [0.5, 0.6) is 0 Å². The molecular formula is C14H13BrN2O3S. The van der Waals surface area contributed by atoms with Crippen LogP contribution in [0.2, 0.25) is 0 Å². The number of carbonyl (C=O) groups is 2. The molecule has 2 aromatic rings. The number of nitrogens with one attached hydrogen (secondary N) is 1. The number of cyclic esters (lactones) is 1. The summed E-state index contributed by atoms with van der Waals surface area (Å²) in [6.07, 6.45) is -0.690. The van der Waals surface area contributed by atoms with E-state index in [0.717, 1.165) is 19.6 Å². The first-order valence-corrected chi connectivity index (χ1v) is 8.05. The first-order valence-electron chi connectivity index (χ1n) is 6.44. The van der Waals surface area contributed by atoms with Gasteiger partial charge in [-0.25, -0.2) is 4.79 Å². The third-order valence-electron chi connectivity index (χ3n) is 3.23. The molecule has 0 bridgehead atoms. The number of thiophene rings is 1. The number of ether oxygens (including phenoxy) is 1. The van der Waals surface area contributed by atoms with Crippen LogP contribution in [0.15, 0.2) is 28.1 Å². The van der Waals surface area contributed by atoms with Crippen LogP contribution >= 0.6 is 27.3 Å². The van der Waals surface area contributed by atoms with Gasteiger partial charge >= 0.3 is 6.09 Å². The molecule has 0 radical (unpaired) electrons. The molecule has 0 spiro atoms. The van der Waals surface area contributed by atoms with Crippen molar-refractivity contribution in [1.82, 2.24) is 5.32 Å². The molecule has 1 aliphatic rings. The van der Waals surface area contributed by atoms with Crippen LogP contribution in [0, 0.1) is 0 Å². The Morgan fingerprint density at radius 1 is 1.52 bits per heavy atom. The van der Waals surface area contributed by atoms with E-state index in [0.29, 0.717) is 13.1 Å². The Hall–Kier alpha value is -1.60. The van der Waals surface area contributed by atoms with Gasteiger partial charge in [-0.2, -0.15) is 0 Å². The molecule has 5 nitrogen and oxygen atoms in total. The summed E-state index contributed by atoms with van der Waals surface area (Å²) >= 11 is 5.11. The monoisotopic (exact) mass is 368 g/mol. The fraction of sp³-hybridized carbons (Fsp3) is 0.286. The van der Waals surface area contributed by atoms with E-state index in [-0.39, 0.29) is 18.1 Å². The van der Waals surface area contributed by atoms with Crippen molar-refractivity contribution in [3.05, 3.63) is 28.1 Å². The summed E-state index contributed by atoms with van der Waals surface area (Å²) in [5.74, 6) is -0.131. The first kappa shape index (κ1) is 14.3. The van der Waals surface area contributed by atoms with Crippen molar-refractivity contribution in [2.45, 2.75) is 13.0 Å². The van der Waals surface area contributed by atoms with E-state index in [1.807, 2.05) is 24.3 Å². The molecule has 2 amide bonds. The zero-order valence-corrected chi connectivity index (χ0v) is 13.7. The van der Waals surface area contributed by atoms with Crippen molar-refractivity contribution in [1.29, 1.82) is 0 Å². The summed E-state index contributed by atoms with van der Waals surface area (Å²) in [7, 11) is 0. The van der Waals surface area contributed by atoms with Crippen LogP contribution in [0.1, 0.15) is 6.92 Å². The van der Waals surface area contributed by atoms with Crippen molar-refractivity contribution in [3.8, 4) is 0 Å².